The summed E-state index contributed by atoms with van der Waals surface area (Å²) in [7, 11) is 0. The van der Waals surface area contributed by atoms with E-state index in [1.807, 2.05) is 0 Å². The molecular formula is C12H19N7O2. The van der Waals surface area contributed by atoms with Gasteiger partial charge >= 0.3 is 6.03 Å². The average molecular weight is 293 g/mol. The van der Waals surface area contributed by atoms with Crippen LogP contribution >= 0.6 is 0 Å². The highest BCUT2D eigenvalue weighted by Gasteiger charge is 2.32. The quantitative estimate of drug-likeness (QED) is 0.793. The lowest BCUT2D eigenvalue weighted by molar-refractivity contribution is -0.131. The summed E-state index contributed by atoms with van der Waals surface area (Å²) in [6, 6.07) is -0.295. The lowest BCUT2D eigenvalue weighted by Crippen LogP contribution is -2.44. The fraction of sp³-hybridized carbons (Fsp3) is 0.750. The predicted octanol–water partition coefficient (Wildman–Crippen LogP) is -0.331. The molecule has 0 aliphatic carbocycles. The van der Waals surface area contributed by atoms with E-state index in [2.05, 4.69) is 25.9 Å². The third kappa shape index (κ3) is 2.96. The molecule has 1 atom stereocenters. The standard InChI is InChI=1S/C12H19N7O2/c20-10(8-13-12(21)18-5-1-2-6-18)19-7-3-4-9(19)11-14-16-17-15-11/h9H,1-8H2,(H,13,21)(H,14,15,16,17). The van der Waals surface area contributed by atoms with Crippen LogP contribution in [0.15, 0.2) is 0 Å². The lowest BCUT2D eigenvalue weighted by Gasteiger charge is -2.23. The van der Waals surface area contributed by atoms with Crippen molar-refractivity contribution >= 4 is 11.9 Å². The maximum Gasteiger partial charge on any atom is 0.317 e. The van der Waals surface area contributed by atoms with Crippen LogP contribution in [0.3, 0.4) is 0 Å². The number of nitrogens with one attached hydrogen (secondary N) is 2. The molecule has 0 saturated carbocycles. The first kappa shape index (κ1) is 13.8. The highest BCUT2D eigenvalue weighted by Crippen LogP contribution is 2.28. The molecule has 0 bridgehead atoms. The summed E-state index contributed by atoms with van der Waals surface area (Å²) in [5.41, 5.74) is 0. The van der Waals surface area contributed by atoms with Gasteiger partial charge in [-0.1, -0.05) is 5.21 Å². The van der Waals surface area contributed by atoms with Gasteiger partial charge in [-0.25, -0.2) is 4.79 Å². The summed E-state index contributed by atoms with van der Waals surface area (Å²) in [6.07, 6.45) is 3.80. The summed E-state index contributed by atoms with van der Waals surface area (Å²) in [6.45, 7) is 2.23. The first-order valence-electron chi connectivity index (χ1n) is 7.31. The van der Waals surface area contributed by atoms with Gasteiger partial charge in [-0.2, -0.15) is 5.21 Å². The minimum absolute atomic E-state index is 0.0175. The molecule has 0 radical (unpaired) electrons. The predicted molar refractivity (Wildman–Crippen MR) is 72.1 cm³/mol. The Bertz CT molecular complexity index is 498. The number of H-pyrrole nitrogens is 1. The summed E-state index contributed by atoms with van der Waals surface area (Å²) in [4.78, 5) is 27.6. The normalized spacial score (nSPS) is 21.8. The van der Waals surface area contributed by atoms with E-state index in [0.29, 0.717) is 12.4 Å². The zero-order chi connectivity index (χ0) is 14.7. The number of aromatic nitrogens is 4. The van der Waals surface area contributed by atoms with E-state index < -0.39 is 0 Å². The van der Waals surface area contributed by atoms with E-state index >= 15 is 0 Å². The van der Waals surface area contributed by atoms with Crippen molar-refractivity contribution in [3.63, 3.8) is 0 Å². The van der Waals surface area contributed by atoms with Crippen molar-refractivity contribution in [2.24, 2.45) is 0 Å². The maximum absolute atomic E-state index is 12.3. The van der Waals surface area contributed by atoms with Gasteiger partial charge in [0.25, 0.3) is 0 Å². The minimum Gasteiger partial charge on any atom is -0.331 e. The zero-order valence-electron chi connectivity index (χ0n) is 11.8. The molecule has 2 aliphatic heterocycles. The Labute approximate surface area is 122 Å². The molecule has 3 rings (SSSR count). The van der Waals surface area contributed by atoms with Crippen LogP contribution in [0, 0.1) is 0 Å². The summed E-state index contributed by atoms with van der Waals surface area (Å²) in [5.74, 6) is 0.432. The van der Waals surface area contributed by atoms with E-state index in [4.69, 9.17) is 0 Å². The van der Waals surface area contributed by atoms with Gasteiger partial charge in [0.1, 0.15) is 0 Å². The van der Waals surface area contributed by atoms with E-state index in [9.17, 15) is 9.59 Å². The van der Waals surface area contributed by atoms with Crippen molar-refractivity contribution in [2.75, 3.05) is 26.2 Å². The van der Waals surface area contributed by atoms with Crippen LogP contribution in [0.4, 0.5) is 4.79 Å². The molecule has 0 aromatic carbocycles. The van der Waals surface area contributed by atoms with Gasteiger partial charge in [-0.15, -0.1) is 10.2 Å². The third-order valence-electron chi connectivity index (χ3n) is 4.02. The SMILES string of the molecule is O=C(NCC(=O)N1CCCC1c1nn[nH]n1)N1CCCC1. The molecule has 2 aliphatic rings. The molecule has 1 unspecified atom stereocenters. The monoisotopic (exact) mass is 293 g/mol. The topological polar surface area (TPSA) is 107 Å². The number of hydrogen-bond acceptors (Lipinski definition) is 5. The van der Waals surface area contributed by atoms with E-state index in [1.165, 1.54) is 0 Å². The number of hydrogen-bond donors (Lipinski definition) is 2. The molecule has 9 heteroatoms. The second kappa shape index (κ2) is 6.06. The summed E-state index contributed by atoms with van der Waals surface area (Å²) >= 11 is 0. The second-order valence-electron chi connectivity index (χ2n) is 5.37. The third-order valence-corrected chi connectivity index (χ3v) is 4.02. The van der Waals surface area contributed by atoms with Gasteiger partial charge in [-0.3, -0.25) is 4.79 Å². The van der Waals surface area contributed by atoms with Crippen LogP contribution in [-0.2, 0) is 4.79 Å². The van der Waals surface area contributed by atoms with Gasteiger partial charge in [0.05, 0.1) is 12.6 Å². The Morgan fingerprint density at radius 3 is 2.76 bits per heavy atom. The number of aromatic amines is 1. The smallest absolute Gasteiger partial charge is 0.317 e. The molecule has 0 spiro atoms. The largest absolute Gasteiger partial charge is 0.331 e. The van der Waals surface area contributed by atoms with Crippen LogP contribution in [0.5, 0.6) is 0 Å². The Kier molecular flexibility index (Phi) is 3.98. The lowest BCUT2D eigenvalue weighted by atomic mass is 10.2. The molecule has 9 nitrogen and oxygen atoms in total. The van der Waals surface area contributed by atoms with Gasteiger partial charge < -0.3 is 15.1 Å². The van der Waals surface area contributed by atoms with E-state index in [0.717, 1.165) is 38.8 Å². The fourth-order valence-corrected chi connectivity index (χ4v) is 2.93. The molecule has 114 valence electrons. The molecule has 2 fully saturated rings. The summed E-state index contributed by atoms with van der Waals surface area (Å²) in [5, 5.41) is 16.5. The second-order valence-corrected chi connectivity index (χ2v) is 5.37. The Balaban J connectivity index is 1.53. The highest BCUT2D eigenvalue weighted by molar-refractivity contribution is 5.84. The molecule has 1 aromatic rings. The molecule has 1 aromatic heterocycles. The van der Waals surface area contributed by atoms with Crippen molar-refractivity contribution in [2.45, 2.75) is 31.7 Å². The minimum atomic E-state index is -0.156. The first-order valence-corrected chi connectivity index (χ1v) is 7.31. The number of urea groups is 1. The van der Waals surface area contributed by atoms with E-state index in [-0.39, 0.29) is 24.5 Å². The first-order chi connectivity index (χ1) is 10.3. The van der Waals surface area contributed by atoms with Crippen LogP contribution in [0.1, 0.15) is 37.5 Å². The van der Waals surface area contributed by atoms with E-state index in [1.54, 1.807) is 9.80 Å². The van der Waals surface area contributed by atoms with Crippen LogP contribution in [-0.4, -0.2) is 68.5 Å². The van der Waals surface area contributed by atoms with Crippen molar-refractivity contribution in [3.05, 3.63) is 5.82 Å². The molecule has 3 heterocycles. The number of tetrazole rings is 1. The molecule has 3 amide bonds. The van der Waals surface area contributed by atoms with Crippen LogP contribution < -0.4 is 5.32 Å². The number of rotatable bonds is 3. The van der Waals surface area contributed by atoms with Crippen LogP contribution in [0.25, 0.3) is 0 Å². The number of amides is 3. The maximum atomic E-state index is 12.3. The molecule has 2 N–H and O–H groups in total. The molecule has 2 saturated heterocycles. The Morgan fingerprint density at radius 1 is 1.24 bits per heavy atom. The van der Waals surface area contributed by atoms with Crippen molar-refractivity contribution < 1.29 is 9.59 Å². The fourth-order valence-electron chi connectivity index (χ4n) is 2.93. The zero-order valence-corrected chi connectivity index (χ0v) is 11.8. The number of carbonyl (C=O) groups excluding carboxylic acids is 2. The van der Waals surface area contributed by atoms with Gasteiger partial charge in [0.15, 0.2) is 5.82 Å². The van der Waals surface area contributed by atoms with Gasteiger partial charge in [0.2, 0.25) is 5.91 Å². The van der Waals surface area contributed by atoms with Crippen LogP contribution in [0.2, 0.25) is 0 Å². The highest BCUT2D eigenvalue weighted by atomic mass is 16.2. The van der Waals surface area contributed by atoms with Gasteiger partial charge in [-0.05, 0) is 25.7 Å². The number of carbonyl (C=O) groups is 2. The average Bonchev–Trinajstić information content (AvgIpc) is 3.25. The van der Waals surface area contributed by atoms with Crippen molar-refractivity contribution in [3.8, 4) is 0 Å². The van der Waals surface area contributed by atoms with Crippen molar-refractivity contribution in [1.29, 1.82) is 0 Å². The molecular weight excluding hydrogens is 274 g/mol. The van der Waals surface area contributed by atoms with Gasteiger partial charge in [0, 0.05) is 19.6 Å². The number of nitrogens with zero attached hydrogens (tertiary/aromatic N) is 5. The Hall–Kier alpha value is -2.19. The molecule has 21 heavy (non-hydrogen) atoms. The Morgan fingerprint density at radius 2 is 2.05 bits per heavy atom. The summed E-state index contributed by atoms with van der Waals surface area (Å²) < 4.78 is 0. The number of likely N-dealkylation sites (tertiary alicyclic amines) is 2. The van der Waals surface area contributed by atoms with Crippen molar-refractivity contribution in [1.82, 2.24) is 35.7 Å².